The van der Waals surface area contributed by atoms with Crippen LogP contribution in [0.15, 0.2) is 18.2 Å². The van der Waals surface area contributed by atoms with Crippen LogP contribution in [0.5, 0.6) is 0 Å². The van der Waals surface area contributed by atoms with Gasteiger partial charge in [0.05, 0.1) is 5.56 Å². The number of halogens is 6. The van der Waals surface area contributed by atoms with Gasteiger partial charge in [0.25, 0.3) is 0 Å². The van der Waals surface area contributed by atoms with Gasteiger partial charge in [-0.2, -0.15) is 8.78 Å². The molecule has 1 rings (SSSR count). The smallest absolute Gasteiger partial charge is 0.287 e. The predicted molar refractivity (Wildman–Crippen MR) is 41.6 cm³/mol. The summed E-state index contributed by atoms with van der Waals surface area (Å²) in [6, 6.07) is 1.86. The highest BCUT2D eigenvalue weighted by molar-refractivity contribution is 6.01. The Labute approximate surface area is 85.7 Å². The highest BCUT2D eigenvalue weighted by Gasteiger charge is 2.50. The zero-order valence-corrected chi connectivity index (χ0v) is 7.49. The first kappa shape index (κ1) is 12.5. The van der Waals surface area contributed by atoms with Crippen LogP contribution < -0.4 is 0 Å². The van der Waals surface area contributed by atoms with Crippen molar-refractivity contribution in [3.63, 3.8) is 0 Å². The Balaban J connectivity index is 3.21. The van der Waals surface area contributed by atoms with Crippen molar-refractivity contribution in [2.75, 3.05) is 0 Å². The number of hydrogen-bond acceptors (Lipinski definition) is 1. The lowest BCUT2D eigenvalue weighted by molar-refractivity contribution is -0.0960. The Bertz CT molecular complexity index is 414. The SMILES string of the molecule is O=C(c1cccc(F)c1F)C(F)(F)C(F)F. The van der Waals surface area contributed by atoms with E-state index in [1.165, 1.54) is 0 Å². The molecule has 0 amide bonds. The molecule has 0 aliphatic rings. The average Bonchev–Trinajstić information content (AvgIpc) is 2.21. The summed E-state index contributed by atoms with van der Waals surface area (Å²) in [6.07, 6.45) is -4.28. The van der Waals surface area contributed by atoms with Crippen LogP contribution in [0.2, 0.25) is 0 Å². The summed E-state index contributed by atoms with van der Waals surface area (Å²) in [5.41, 5.74) is -1.40. The Morgan fingerprint density at radius 2 is 1.75 bits per heavy atom. The molecule has 1 aromatic carbocycles. The third kappa shape index (κ3) is 2.02. The van der Waals surface area contributed by atoms with Gasteiger partial charge in [0.1, 0.15) is 0 Å². The first-order valence-corrected chi connectivity index (χ1v) is 3.93. The maximum Gasteiger partial charge on any atom is 0.368 e. The van der Waals surface area contributed by atoms with E-state index in [4.69, 9.17) is 0 Å². The summed E-state index contributed by atoms with van der Waals surface area (Å²) in [4.78, 5) is 10.8. The van der Waals surface area contributed by atoms with E-state index in [1.807, 2.05) is 0 Å². The third-order valence-corrected chi connectivity index (χ3v) is 1.77. The number of alkyl halides is 4. The van der Waals surface area contributed by atoms with Gasteiger partial charge in [-0.05, 0) is 12.1 Å². The molecular formula is C9H4F6O. The fourth-order valence-electron chi connectivity index (χ4n) is 0.958. The van der Waals surface area contributed by atoms with Gasteiger partial charge < -0.3 is 0 Å². The van der Waals surface area contributed by atoms with Crippen LogP contribution in [0.3, 0.4) is 0 Å². The molecule has 0 aliphatic carbocycles. The Hall–Kier alpha value is -1.53. The molecule has 0 radical (unpaired) electrons. The van der Waals surface area contributed by atoms with Crippen LogP contribution >= 0.6 is 0 Å². The average molecular weight is 242 g/mol. The molecule has 0 aromatic heterocycles. The normalized spacial score (nSPS) is 11.9. The molecule has 0 atom stereocenters. The fraction of sp³-hybridized carbons (Fsp3) is 0.222. The molecular weight excluding hydrogens is 238 g/mol. The molecule has 0 heterocycles. The van der Waals surface area contributed by atoms with E-state index in [-0.39, 0.29) is 0 Å². The number of hydrogen-bond donors (Lipinski definition) is 0. The number of ketones is 1. The Kier molecular flexibility index (Phi) is 3.25. The molecule has 0 spiro atoms. The Morgan fingerprint density at radius 3 is 2.25 bits per heavy atom. The predicted octanol–water partition coefficient (Wildman–Crippen LogP) is 3.05. The van der Waals surface area contributed by atoms with Gasteiger partial charge in [0.15, 0.2) is 11.6 Å². The second kappa shape index (κ2) is 4.15. The van der Waals surface area contributed by atoms with E-state index in [2.05, 4.69) is 0 Å². The van der Waals surface area contributed by atoms with Gasteiger partial charge in [-0.15, -0.1) is 0 Å². The van der Waals surface area contributed by atoms with Crippen molar-refractivity contribution in [3.05, 3.63) is 35.4 Å². The van der Waals surface area contributed by atoms with Crippen LogP contribution in [0.1, 0.15) is 10.4 Å². The summed E-state index contributed by atoms with van der Waals surface area (Å²) in [6.45, 7) is 0. The maximum atomic E-state index is 12.9. The highest BCUT2D eigenvalue weighted by Crippen LogP contribution is 2.28. The second-order valence-corrected chi connectivity index (χ2v) is 2.85. The van der Waals surface area contributed by atoms with Gasteiger partial charge in [0.2, 0.25) is 5.78 Å². The van der Waals surface area contributed by atoms with Crippen molar-refractivity contribution >= 4 is 5.78 Å². The molecule has 7 heteroatoms. The lowest BCUT2D eigenvalue weighted by Gasteiger charge is -2.13. The summed E-state index contributed by atoms with van der Waals surface area (Å²) < 4.78 is 74.1. The van der Waals surface area contributed by atoms with E-state index in [0.717, 1.165) is 6.07 Å². The number of carbonyl (C=O) groups is 1. The molecule has 88 valence electrons. The van der Waals surface area contributed by atoms with Crippen LogP contribution in [0, 0.1) is 11.6 Å². The minimum Gasteiger partial charge on any atom is -0.287 e. The molecule has 0 saturated carbocycles. The zero-order valence-electron chi connectivity index (χ0n) is 7.49. The van der Waals surface area contributed by atoms with E-state index >= 15 is 0 Å². The standard InChI is InChI=1S/C9H4F6O/c10-5-3-1-2-4(6(5)11)7(16)9(14,15)8(12)13/h1-3,8H. The van der Waals surface area contributed by atoms with E-state index in [1.54, 1.807) is 0 Å². The van der Waals surface area contributed by atoms with E-state index in [9.17, 15) is 31.1 Å². The van der Waals surface area contributed by atoms with Gasteiger partial charge in [-0.1, -0.05) is 6.07 Å². The molecule has 0 aliphatic heterocycles. The highest BCUT2D eigenvalue weighted by atomic mass is 19.3. The van der Waals surface area contributed by atoms with Crippen LogP contribution in [0.25, 0.3) is 0 Å². The molecule has 0 fully saturated rings. The maximum absolute atomic E-state index is 12.9. The fourth-order valence-corrected chi connectivity index (χ4v) is 0.958. The number of rotatable bonds is 3. The number of carbonyl (C=O) groups excluding carboxylic acids is 1. The lowest BCUT2D eigenvalue weighted by Crippen LogP contribution is -2.37. The van der Waals surface area contributed by atoms with Crippen LogP contribution in [-0.4, -0.2) is 18.1 Å². The largest absolute Gasteiger partial charge is 0.368 e. The van der Waals surface area contributed by atoms with Crippen LogP contribution in [0.4, 0.5) is 26.3 Å². The summed E-state index contributed by atoms with van der Waals surface area (Å²) in [5.74, 6) is -10.9. The summed E-state index contributed by atoms with van der Waals surface area (Å²) in [5, 5.41) is 0. The molecule has 1 aromatic rings. The molecule has 0 N–H and O–H groups in total. The number of benzene rings is 1. The lowest BCUT2D eigenvalue weighted by atomic mass is 10.0. The molecule has 16 heavy (non-hydrogen) atoms. The first-order chi connectivity index (χ1) is 7.28. The minimum atomic E-state index is -5.03. The zero-order chi connectivity index (χ0) is 12.5. The number of Topliss-reactive ketones (excluding diaryl/α,β-unsaturated/α-hetero) is 1. The van der Waals surface area contributed by atoms with E-state index in [0.29, 0.717) is 12.1 Å². The molecule has 1 nitrogen and oxygen atoms in total. The van der Waals surface area contributed by atoms with E-state index < -0.39 is 35.3 Å². The third-order valence-electron chi connectivity index (χ3n) is 1.77. The van der Waals surface area contributed by atoms with Gasteiger partial charge >= 0.3 is 12.3 Å². The van der Waals surface area contributed by atoms with Gasteiger partial charge in [-0.25, -0.2) is 17.6 Å². The molecule has 0 saturated heterocycles. The topological polar surface area (TPSA) is 17.1 Å². The minimum absolute atomic E-state index is 0.511. The van der Waals surface area contributed by atoms with Crippen molar-refractivity contribution in [1.82, 2.24) is 0 Å². The van der Waals surface area contributed by atoms with Gasteiger partial charge in [-0.3, -0.25) is 4.79 Å². The van der Waals surface area contributed by atoms with Crippen molar-refractivity contribution in [1.29, 1.82) is 0 Å². The first-order valence-electron chi connectivity index (χ1n) is 3.93. The van der Waals surface area contributed by atoms with Crippen molar-refractivity contribution in [2.24, 2.45) is 0 Å². The van der Waals surface area contributed by atoms with Crippen molar-refractivity contribution < 1.29 is 31.1 Å². The van der Waals surface area contributed by atoms with Crippen molar-refractivity contribution in [3.8, 4) is 0 Å². The Morgan fingerprint density at radius 1 is 1.19 bits per heavy atom. The molecule has 0 bridgehead atoms. The summed E-state index contributed by atoms with van der Waals surface area (Å²) >= 11 is 0. The van der Waals surface area contributed by atoms with Gasteiger partial charge in [0, 0.05) is 0 Å². The van der Waals surface area contributed by atoms with Crippen LogP contribution in [-0.2, 0) is 0 Å². The second-order valence-electron chi connectivity index (χ2n) is 2.85. The molecule has 0 unspecified atom stereocenters. The quantitative estimate of drug-likeness (QED) is 0.588. The summed E-state index contributed by atoms with van der Waals surface area (Å²) in [7, 11) is 0. The monoisotopic (exact) mass is 242 g/mol. The van der Waals surface area contributed by atoms with Crippen molar-refractivity contribution in [2.45, 2.75) is 12.3 Å².